The second-order valence-electron chi connectivity index (χ2n) is 7.90. The van der Waals surface area contributed by atoms with E-state index in [0.717, 1.165) is 58.5 Å². The Balaban J connectivity index is 1.53. The monoisotopic (exact) mass is 375 g/mol. The molecule has 2 heterocycles. The number of amides is 2. The van der Waals surface area contributed by atoms with Crippen LogP contribution in [0.3, 0.4) is 0 Å². The maximum Gasteiger partial charge on any atom is 0.228 e. The van der Waals surface area contributed by atoms with E-state index in [4.69, 9.17) is 4.74 Å². The van der Waals surface area contributed by atoms with Crippen LogP contribution in [0.2, 0.25) is 0 Å². The molecule has 1 saturated heterocycles. The molecule has 0 bridgehead atoms. The highest BCUT2D eigenvalue weighted by Crippen LogP contribution is 2.36. The highest BCUT2D eigenvalue weighted by atomic mass is 19.1. The number of anilines is 1. The number of carbonyl (C=O) groups is 2. The third kappa shape index (κ3) is 3.99. The molecule has 0 unspecified atom stereocenters. The number of hydrogen-bond acceptors (Lipinski definition) is 4. The smallest absolute Gasteiger partial charge is 0.228 e. The predicted molar refractivity (Wildman–Crippen MR) is 99.0 cm³/mol. The van der Waals surface area contributed by atoms with E-state index in [1.54, 1.807) is 0 Å². The molecule has 0 radical (unpaired) electrons. The van der Waals surface area contributed by atoms with Crippen LogP contribution in [0.4, 0.5) is 10.1 Å². The van der Waals surface area contributed by atoms with Gasteiger partial charge in [-0.1, -0.05) is 12.8 Å². The van der Waals surface area contributed by atoms with E-state index in [9.17, 15) is 14.0 Å². The van der Waals surface area contributed by atoms with Crippen molar-refractivity contribution in [3.63, 3.8) is 0 Å². The van der Waals surface area contributed by atoms with Crippen LogP contribution in [0.25, 0.3) is 0 Å². The highest BCUT2D eigenvalue weighted by molar-refractivity contribution is 6.01. The Morgan fingerprint density at radius 2 is 2.04 bits per heavy atom. The van der Waals surface area contributed by atoms with Gasteiger partial charge >= 0.3 is 0 Å². The summed E-state index contributed by atoms with van der Waals surface area (Å²) in [7, 11) is 0. The van der Waals surface area contributed by atoms with Gasteiger partial charge in [0.25, 0.3) is 0 Å². The molecule has 146 valence electrons. The summed E-state index contributed by atoms with van der Waals surface area (Å²) in [6.45, 7) is 3.99. The van der Waals surface area contributed by atoms with Gasteiger partial charge < -0.3 is 15.4 Å². The van der Waals surface area contributed by atoms with Crippen molar-refractivity contribution in [2.24, 2.45) is 0 Å². The van der Waals surface area contributed by atoms with Crippen molar-refractivity contribution in [3.05, 3.63) is 29.6 Å². The Kier molecular flexibility index (Phi) is 5.14. The van der Waals surface area contributed by atoms with Gasteiger partial charge in [-0.15, -0.1) is 0 Å². The summed E-state index contributed by atoms with van der Waals surface area (Å²) >= 11 is 0. The first kappa shape index (κ1) is 18.4. The highest BCUT2D eigenvalue weighted by Gasteiger charge is 2.40. The zero-order valence-electron chi connectivity index (χ0n) is 15.4. The summed E-state index contributed by atoms with van der Waals surface area (Å²) < 4.78 is 19.2. The minimum atomic E-state index is -0.647. The van der Waals surface area contributed by atoms with Crippen molar-refractivity contribution in [3.8, 4) is 0 Å². The quantitative estimate of drug-likeness (QED) is 0.845. The minimum absolute atomic E-state index is 0.0515. The molecule has 7 heteroatoms. The van der Waals surface area contributed by atoms with Crippen molar-refractivity contribution in [2.75, 3.05) is 38.2 Å². The lowest BCUT2D eigenvalue weighted by molar-refractivity contribution is -0.128. The number of ether oxygens (including phenoxy) is 1. The van der Waals surface area contributed by atoms with Crippen molar-refractivity contribution in [1.29, 1.82) is 0 Å². The maximum absolute atomic E-state index is 13.8. The Bertz CT molecular complexity index is 727. The van der Waals surface area contributed by atoms with Crippen LogP contribution in [0, 0.1) is 5.82 Å². The van der Waals surface area contributed by atoms with Crippen molar-refractivity contribution >= 4 is 17.5 Å². The lowest BCUT2D eigenvalue weighted by atomic mass is 9.87. The van der Waals surface area contributed by atoms with Crippen molar-refractivity contribution in [1.82, 2.24) is 10.2 Å². The fourth-order valence-corrected chi connectivity index (χ4v) is 4.58. The van der Waals surface area contributed by atoms with Crippen molar-refractivity contribution < 1.29 is 18.7 Å². The second kappa shape index (κ2) is 7.56. The van der Waals surface area contributed by atoms with Gasteiger partial charge in [-0.2, -0.15) is 0 Å². The van der Waals surface area contributed by atoms with E-state index in [2.05, 4.69) is 15.5 Å². The van der Waals surface area contributed by atoms with Crippen LogP contribution in [0.1, 0.15) is 43.6 Å². The predicted octanol–water partition coefficient (Wildman–Crippen LogP) is 2.01. The standard InChI is InChI=1S/C20H26FN3O3/c21-14-3-4-17-15(11-14)16(12-18(25)22-17)19(26)23-20(5-1-2-6-20)13-24-7-9-27-10-8-24/h3-4,11,16H,1-2,5-10,12-13H2,(H,22,25)(H,23,26)/t16-/m1/s1. The first-order valence-electron chi connectivity index (χ1n) is 9.76. The van der Waals surface area contributed by atoms with E-state index < -0.39 is 11.7 Å². The third-order valence-corrected chi connectivity index (χ3v) is 5.95. The topological polar surface area (TPSA) is 70.7 Å². The van der Waals surface area contributed by atoms with Crippen LogP contribution >= 0.6 is 0 Å². The molecule has 0 spiro atoms. The average Bonchev–Trinajstić information content (AvgIpc) is 3.10. The van der Waals surface area contributed by atoms with Gasteiger partial charge in [0.1, 0.15) is 5.82 Å². The van der Waals surface area contributed by atoms with Gasteiger partial charge in [0.05, 0.1) is 24.7 Å². The van der Waals surface area contributed by atoms with Gasteiger partial charge in [0.15, 0.2) is 0 Å². The molecule has 1 aromatic carbocycles. The Morgan fingerprint density at radius 3 is 2.78 bits per heavy atom. The number of nitrogens with one attached hydrogen (secondary N) is 2. The lowest BCUT2D eigenvalue weighted by Gasteiger charge is -2.39. The number of nitrogens with zero attached hydrogens (tertiary/aromatic N) is 1. The molecule has 4 rings (SSSR count). The molecule has 2 aliphatic heterocycles. The summed E-state index contributed by atoms with van der Waals surface area (Å²) in [5.74, 6) is -1.42. The van der Waals surface area contributed by atoms with E-state index in [1.165, 1.54) is 18.2 Å². The SMILES string of the molecule is O=C1C[C@@H](C(=O)NC2(CN3CCOCC3)CCCC2)c2cc(F)ccc2N1. The van der Waals surface area contributed by atoms with Gasteiger partial charge in [0.2, 0.25) is 11.8 Å². The summed E-state index contributed by atoms with van der Waals surface area (Å²) in [5.41, 5.74) is 0.823. The molecule has 2 amide bonds. The molecular weight excluding hydrogens is 349 g/mol. The summed E-state index contributed by atoms with van der Waals surface area (Å²) in [6.07, 6.45) is 4.09. The summed E-state index contributed by atoms with van der Waals surface area (Å²) in [6, 6.07) is 4.19. The second-order valence-corrected chi connectivity index (χ2v) is 7.90. The summed E-state index contributed by atoms with van der Waals surface area (Å²) in [4.78, 5) is 27.6. The number of rotatable bonds is 4. The fourth-order valence-electron chi connectivity index (χ4n) is 4.58. The zero-order chi connectivity index (χ0) is 18.9. The van der Waals surface area contributed by atoms with Gasteiger partial charge in [-0.05, 0) is 36.6 Å². The Morgan fingerprint density at radius 1 is 1.30 bits per heavy atom. The largest absolute Gasteiger partial charge is 0.379 e. The molecule has 2 N–H and O–H groups in total. The molecule has 0 aromatic heterocycles. The van der Waals surface area contributed by atoms with Crippen LogP contribution in [0.5, 0.6) is 0 Å². The molecule has 1 aromatic rings. The van der Waals surface area contributed by atoms with E-state index in [-0.39, 0.29) is 23.8 Å². The van der Waals surface area contributed by atoms with Gasteiger partial charge in [-0.25, -0.2) is 4.39 Å². The number of halogens is 1. The summed E-state index contributed by atoms with van der Waals surface area (Å²) in [5, 5.41) is 6.00. The molecule has 1 aliphatic carbocycles. The van der Waals surface area contributed by atoms with E-state index in [0.29, 0.717) is 11.3 Å². The molecule has 3 aliphatic rings. The Hall–Kier alpha value is -1.99. The fraction of sp³-hybridized carbons (Fsp3) is 0.600. The first-order valence-corrected chi connectivity index (χ1v) is 9.76. The van der Waals surface area contributed by atoms with E-state index in [1.807, 2.05) is 0 Å². The molecule has 1 atom stereocenters. The third-order valence-electron chi connectivity index (χ3n) is 5.95. The van der Waals surface area contributed by atoms with E-state index >= 15 is 0 Å². The number of hydrogen-bond donors (Lipinski definition) is 2. The normalized spacial score (nSPS) is 24.9. The Labute approximate surface area is 158 Å². The van der Waals surface area contributed by atoms with Crippen molar-refractivity contribution in [2.45, 2.75) is 43.6 Å². The van der Waals surface area contributed by atoms with Crippen LogP contribution in [0.15, 0.2) is 18.2 Å². The number of morpholine rings is 1. The maximum atomic E-state index is 13.8. The first-order chi connectivity index (χ1) is 13.0. The minimum Gasteiger partial charge on any atom is -0.379 e. The number of benzene rings is 1. The molecule has 27 heavy (non-hydrogen) atoms. The van der Waals surface area contributed by atoms with Crippen LogP contribution in [-0.2, 0) is 14.3 Å². The lowest BCUT2D eigenvalue weighted by Crippen LogP contribution is -2.56. The van der Waals surface area contributed by atoms with Gasteiger partial charge in [0, 0.05) is 31.7 Å². The number of carbonyl (C=O) groups excluding carboxylic acids is 2. The average molecular weight is 375 g/mol. The molecule has 2 fully saturated rings. The number of fused-ring (bicyclic) bond motifs is 1. The molecule has 1 saturated carbocycles. The molecular formula is C20H26FN3O3. The van der Waals surface area contributed by atoms with Crippen LogP contribution in [-0.4, -0.2) is 55.1 Å². The zero-order valence-corrected chi connectivity index (χ0v) is 15.4. The van der Waals surface area contributed by atoms with Crippen LogP contribution < -0.4 is 10.6 Å². The van der Waals surface area contributed by atoms with Gasteiger partial charge in [-0.3, -0.25) is 14.5 Å². The molecule has 6 nitrogen and oxygen atoms in total.